The van der Waals surface area contributed by atoms with E-state index in [1.54, 1.807) is 12.1 Å². The van der Waals surface area contributed by atoms with Crippen molar-refractivity contribution in [2.24, 2.45) is 0 Å². The first kappa shape index (κ1) is 19.1. The second kappa shape index (κ2) is 8.35. The molecule has 142 valence electrons. The molecule has 0 bridgehead atoms. The van der Waals surface area contributed by atoms with Crippen molar-refractivity contribution in [3.05, 3.63) is 52.6 Å². The largest absolute Gasteiger partial charge is 0.493 e. The highest BCUT2D eigenvalue weighted by Crippen LogP contribution is 2.38. The van der Waals surface area contributed by atoms with E-state index in [0.717, 1.165) is 15.4 Å². The van der Waals surface area contributed by atoms with Crippen LogP contribution in [-0.4, -0.2) is 38.3 Å². The monoisotopic (exact) mass is 432 g/mol. The maximum Gasteiger partial charge on any atom is 0.251 e. The average Bonchev–Trinajstić information content (AvgIpc) is 3.08. The van der Waals surface area contributed by atoms with Gasteiger partial charge in [0.05, 0.1) is 21.3 Å². The van der Waals surface area contributed by atoms with Gasteiger partial charge in [-0.05, 0) is 35.7 Å². The fourth-order valence-corrected chi connectivity index (χ4v) is 3.31. The van der Waals surface area contributed by atoms with Gasteiger partial charge in [-0.2, -0.15) is 0 Å². The number of nitrogens with one attached hydrogen (secondary N) is 1. The molecule has 0 saturated heterocycles. The number of fused-ring (bicyclic) bond motifs is 1. The fraction of sp³-hybridized carbons (Fsp3) is 0.250. The first-order chi connectivity index (χ1) is 13.1. The SMILES string of the molecule is COc1cc(C(=O)NCCn2ccc3ccc(Br)cc32)cc(OC)c1OC. The Bertz CT molecular complexity index is 943. The van der Waals surface area contributed by atoms with Gasteiger partial charge in [0, 0.05) is 34.8 Å². The van der Waals surface area contributed by atoms with E-state index in [0.29, 0.717) is 35.9 Å². The Balaban J connectivity index is 1.71. The molecule has 0 aliphatic rings. The van der Waals surface area contributed by atoms with Gasteiger partial charge >= 0.3 is 0 Å². The second-order valence-electron chi connectivity index (χ2n) is 5.88. The predicted molar refractivity (Wildman–Crippen MR) is 108 cm³/mol. The van der Waals surface area contributed by atoms with Crippen LogP contribution in [0.1, 0.15) is 10.4 Å². The molecule has 0 radical (unpaired) electrons. The summed E-state index contributed by atoms with van der Waals surface area (Å²) in [5.41, 5.74) is 1.57. The number of nitrogens with zero attached hydrogens (tertiary/aromatic N) is 1. The Morgan fingerprint density at radius 1 is 1.04 bits per heavy atom. The van der Waals surface area contributed by atoms with E-state index in [2.05, 4.69) is 44.0 Å². The van der Waals surface area contributed by atoms with Gasteiger partial charge < -0.3 is 24.1 Å². The van der Waals surface area contributed by atoms with E-state index in [4.69, 9.17) is 14.2 Å². The number of aromatic nitrogens is 1. The van der Waals surface area contributed by atoms with Crippen LogP contribution in [0.5, 0.6) is 17.2 Å². The quantitative estimate of drug-likeness (QED) is 0.615. The summed E-state index contributed by atoms with van der Waals surface area (Å²) < 4.78 is 19.0. The number of rotatable bonds is 7. The number of carbonyl (C=O) groups excluding carboxylic acids is 1. The highest BCUT2D eigenvalue weighted by Gasteiger charge is 2.16. The molecule has 3 aromatic rings. The molecule has 0 saturated carbocycles. The first-order valence-electron chi connectivity index (χ1n) is 8.40. The molecule has 6 nitrogen and oxygen atoms in total. The van der Waals surface area contributed by atoms with Crippen molar-refractivity contribution in [1.29, 1.82) is 0 Å². The summed E-state index contributed by atoms with van der Waals surface area (Å²) in [7, 11) is 4.57. The molecule has 7 heteroatoms. The number of benzene rings is 2. The van der Waals surface area contributed by atoms with E-state index in [9.17, 15) is 4.79 Å². The molecule has 1 heterocycles. The van der Waals surface area contributed by atoms with Crippen LogP contribution < -0.4 is 19.5 Å². The average molecular weight is 433 g/mol. The number of hydrogen-bond acceptors (Lipinski definition) is 4. The highest BCUT2D eigenvalue weighted by atomic mass is 79.9. The van der Waals surface area contributed by atoms with Gasteiger partial charge in [-0.1, -0.05) is 22.0 Å². The molecular formula is C20H21BrN2O4. The normalized spacial score (nSPS) is 10.7. The minimum absolute atomic E-state index is 0.202. The summed E-state index contributed by atoms with van der Waals surface area (Å²) in [6.07, 6.45) is 2.02. The Labute approximate surface area is 166 Å². The lowest BCUT2D eigenvalue weighted by Gasteiger charge is -2.14. The number of hydrogen-bond donors (Lipinski definition) is 1. The summed E-state index contributed by atoms with van der Waals surface area (Å²) in [5, 5.41) is 4.09. The number of carbonyl (C=O) groups is 1. The molecule has 0 atom stereocenters. The second-order valence-corrected chi connectivity index (χ2v) is 6.80. The smallest absolute Gasteiger partial charge is 0.251 e. The van der Waals surface area contributed by atoms with Gasteiger partial charge in [0.25, 0.3) is 5.91 Å². The molecule has 0 aliphatic carbocycles. The maximum absolute atomic E-state index is 12.5. The number of halogens is 1. The number of ether oxygens (including phenoxy) is 3. The van der Waals surface area contributed by atoms with Crippen LogP contribution in [0.4, 0.5) is 0 Å². The van der Waals surface area contributed by atoms with Crippen LogP contribution in [0, 0.1) is 0 Å². The molecule has 0 spiro atoms. The molecule has 2 aromatic carbocycles. The summed E-state index contributed by atoms with van der Waals surface area (Å²) in [5.74, 6) is 1.15. The van der Waals surface area contributed by atoms with Gasteiger partial charge in [-0.3, -0.25) is 4.79 Å². The summed E-state index contributed by atoms with van der Waals surface area (Å²) in [6.45, 7) is 1.15. The van der Waals surface area contributed by atoms with E-state index in [1.807, 2.05) is 12.3 Å². The summed E-state index contributed by atoms with van der Waals surface area (Å²) in [4.78, 5) is 12.5. The van der Waals surface area contributed by atoms with Crippen molar-refractivity contribution < 1.29 is 19.0 Å². The fourth-order valence-electron chi connectivity index (χ4n) is 2.96. The molecule has 1 aromatic heterocycles. The van der Waals surface area contributed by atoms with Crippen LogP contribution in [0.3, 0.4) is 0 Å². The Morgan fingerprint density at radius 3 is 2.37 bits per heavy atom. The van der Waals surface area contributed by atoms with E-state index in [-0.39, 0.29) is 5.91 Å². The van der Waals surface area contributed by atoms with Crippen LogP contribution in [-0.2, 0) is 6.54 Å². The van der Waals surface area contributed by atoms with Crippen molar-refractivity contribution in [3.8, 4) is 17.2 Å². The Hall–Kier alpha value is -2.67. The third-order valence-corrected chi connectivity index (χ3v) is 4.79. The summed E-state index contributed by atoms with van der Waals surface area (Å²) >= 11 is 3.50. The van der Waals surface area contributed by atoms with E-state index >= 15 is 0 Å². The van der Waals surface area contributed by atoms with Crippen molar-refractivity contribution in [2.75, 3.05) is 27.9 Å². The standard InChI is InChI=1S/C20H21BrN2O4/c1-25-17-10-14(11-18(26-2)19(17)27-3)20(24)22-7-9-23-8-6-13-4-5-15(21)12-16(13)23/h4-6,8,10-12H,7,9H2,1-3H3,(H,22,24). The van der Waals surface area contributed by atoms with Crippen molar-refractivity contribution in [2.45, 2.75) is 6.54 Å². The Kier molecular flexibility index (Phi) is 5.91. The van der Waals surface area contributed by atoms with Gasteiger partial charge in [0.2, 0.25) is 5.75 Å². The molecule has 1 N–H and O–H groups in total. The van der Waals surface area contributed by atoms with E-state index in [1.165, 1.54) is 21.3 Å². The lowest BCUT2D eigenvalue weighted by molar-refractivity contribution is 0.0951. The zero-order chi connectivity index (χ0) is 19.4. The van der Waals surface area contributed by atoms with Crippen molar-refractivity contribution in [1.82, 2.24) is 9.88 Å². The summed E-state index contributed by atoms with van der Waals surface area (Å²) in [6, 6.07) is 11.5. The van der Waals surface area contributed by atoms with Gasteiger partial charge in [-0.15, -0.1) is 0 Å². The maximum atomic E-state index is 12.5. The third kappa shape index (κ3) is 4.03. The number of methoxy groups -OCH3 is 3. The molecule has 1 amide bonds. The molecule has 0 aliphatic heterocycles. The first-order valence-corrected chi connectivity index (χ1v) is 9.19. The van der Waals surface area contributed by atoms with Crippen LogP contribution in [0.2, 0.25) is 0 Å². The highest BCUT2D eigenvalue weighted by molar-refractivity contribution is 9.10. The van der Waals surface area contributed by atoms with Crippen LogP contribution >= 0.6 is 15.9 Å². The topological polar surface area (TPSA) is 61.7 Å². The number of amides is 1. The zero-order valence-corrected chi connectivity index (χ0v) is 17.0. The van der Waals surface area contributed by atoms with Gasteiger partial charge in [-0.25, -0.2) is 0 Å². The molecule has 0 unspecified atom stereocenters. The minimum Gasteiger partial charge on any atom is -0.493 e. The molecule has 0 fully saturated rings. The van der Waals surface area contributed by atoms with Gasteiger partial charge in [0.1, 0.15) is 0 Å². The minimum atomic E-state index is -0.202. The van der Waals surface area contributed by atoms with E-state index < -0.39 is 0 Å². The molecular weight excluding hydrogens is 412 g/mol. The van der Waals surface area contributed by atoms with Crippen molar-refractivity contribution >= 4 is 32.7 Å². The Morgan fingerprint density at radius 2 is 1.74 bits per heavy atom. The van der Waals surface area contributed by atoms with Crippen LogP contribution in [0.15, 0.2) is 47.1 Å². The predicted octanol–water partition coefficient (Wildman–Crippen LogP) is 3.86. The van der Waals surface area contributed by atoms with Crippen molar-refractivity contribution in [3.63, 3.8) is 0 Å². The van der Waals surface area contributed by atoms with Crippen LogP contribution in [0.25, 0.3) is 10.9 Å². The lowest BCUT2D eigenvalue weighted by atomic mass is 10.1. The third-order valence-electron chi connectivity index (χ3n) is 4.30. The zero-order valence-electron chi connectivity index (χ0n) is 15.4. The van der Waals surface area contributed by atoms with Gasteiger partial charge in [0.15, 0.2) is 11.5 Å². The molecule has 27 heavy (non-hydrogen) atoms. The lowest BCUT2D eigenvalue weighted by Crippen LogP contribution is -2.27. The molecule has 3 rings (SSSR count).